The lowest BCUT2D eigenvalue weighted by Gasteiger charge is -2.19. The highest BCUT2D eigenvalue weighted by molar-refractivity contribution is 6.00. The molecule has 0 aliphatic rings. The Labute approximate surface area is 233 Å². The number of aromatic nitrogens is 3. The van der Waals surface area contributed by atoms with Crippen LogP contribution in [-0.2, 0) is 0 Å². The summed E-state index contributed by atoms with van der Waals surface area (Å²) in [6.07, 6.45) is 12.0. The molecule has 0 saturated carbocycles. The van der Waals surface area contributed by atoms with Crippen LogP contribution in [0.4, 0.5) is 0 Å². The van der Waals surface area contributed by atoms with Gasteiger partial charge in [0.25, 0.3) is 0 Å². The van der Waals surface area contributed by atoms with E-state index in [1.807, 2.05) is 55.4 Å². The molecule has 0 radical (unpaired) electrons. The van der Waals surface area contributed by atoms with Gasteiger partial charge in [0.2, 0.25) is 0 Å². The Hall–Kier alpha value is -4.75. The summed E-state index contributed by atoms with van der Waals surface area (Å²) >= 11 is 0. The first kappa shape index (κ1) is 25.5. The summed E-state index contributed by atoms with van der Waals surface area (Å²) in [6, 6.07) is 24.9. The average Bonchev–Trinajstić information content (AvgIpc) is 3.72. The second-order valence-corrected chi connectivity index (χ2v) is 9.82. The van der Waals surface area contributed by atoms with Crippen LogP contribution in [0, 0.1) is 0 Å². The number of aromatic amines is 3. The fourth-order valence-electron chi connectivity index (χ4n) is 5.02. The predicted molar refractivity (Wildman–Crippen MR) is 169 cm³/mol. The van der Waals surface area contributed by atoms with Gasteiger partial charge in [0.05, 0.1) is 19.6 Å². The Morgan fingerprint density at radius 3 is 1.15 bits per heavy atom. The molecule has 3 aromatic carbocycles. The molecule has 0 amide bonds. The van der Waals surface area contributed by atoms with E-state index in [0.29, 0.717) is 0 Å². The summed E-state index contributed by atoms with van der Waals surface area (Å²) in [5.74, 6) is 0. The Balaban J connectivity index is 1.07. The van der Waals surface area contributed by atoms with Crippen LogP contribution in [0.15, 0.2) is 106 Å². The SMILES string of the molecule is C(=NCCN(CCN=Cc1c[nH]c2ccccc12)CCN=Cc1c[nH]c2ccccc12)c1c[nH]c2ccccc12. The molecule has 0 fully saturated rings. The number of aliphatic imine (C=N–C) groups is 3. The molecule has 0 aliphatic heterocycles. The van der Waals surface area contributed by atoms with Crippen LogP contribution in [0.1, 0.15) is 16.7 Å². The van der Waals surface area contributed by atoms with Crippen LogP contribution < -0.4 is 0 Å². The molecule has 0 atom stereocenters. The summed E-state index contributed by atoms with van der Waals surface area (Å²) in [5.41, 5.74) is 6.75. The molecule has 200 valence electrons. The normalized spacial score (nSPS) is 12.5. The monoisotopic (exact) mass is 527 g/mol. The lowest BCUT2D eigenvalue weighted by Crippen LogP contribution is -2.31. The Morgan fingerprint density at radius 1 is 0.475 bits per heavy atom. The van der Waals surface area contributed by atoms with Crippen molar-refractivity contribution in [3.8, 4) is 0 Å². The van der Waals surface area contributed by atoms with Gasteiger partial charge in [-0.15, -0.1) is 0 Å². The molecular formula is C33H33N7. The fourth-order valence-corrected chi connectivity index (χ4v) is 5.02. The lowest BCUT2D eigenvalue weighted by molar-refractivity contribution is 0.298. The van der Waals surface area contributed by atoms with Gasteiger partial charge in [-0.1, -0.05) is 54.6 Å². The maximum atomic E-state index is 4.74. The van der Waals surface area contributed by atoms with Crippen molar-refractivity contribution >= 4 is 51.4 Å². The molecule has 0 aliphatic carbocycles. The van der Waals surface area contributed by atoms with E-state index in [1.54, 1.807) is 0 Å². The molecule has 0 saturated heterocycles. The van der Waals surface area contributed by atoms with E-state index >= 15 is 0 Å². The van der Waals surface area contributed by atoms with Crippen LogP contribution in [0.5, 0.6) is 0 Å². The first-order chi connectivity index (χ1) is 19.8. The minimum absolute atomic E-state index is 0.720. The topological polar surface area (TPSA) is 87.7 Å². The van der Waals surface area contributed by atoms with E-state index in [2.05, 4.69) is 74.4 Å². The number of benzene rings is 3. The van der Waals surface area contributed by atoms with Gasteiger partial charge in [-0.05, 0) is 18.2 Å². The smallest absolute Gasteiger partial charge is 0.0517 e. The van der Waals surface area contributed by atoms with Gasteiger partial charge in [0, 0.05) is 106 Å². The molecule has 6 rings (SSSR count). The van der Waals surface area contributed by atoms with Crippen LogP contribution in [0.3, 0.4) is 0 Å². The third-order valence-corrected chi connectivity index (χ3v) is 7.19. The minimum atomic E-state index is 0.720. The van der Waals surface area contributed by atoms with Crippen LogP contribution >= 0.6 is 0 Å². The number of H-pyrrole nitrogens is 3. The maximum absolute atomic E-state index is 4.74. The lowest BCUT2D eigenvalue weighted by atomic mass is 10.2. The van der Waals surface area contributed by atoms with Crippen molar-refractivity contribution in [2.75, 3.05) is 39.3 Å². The zero-order valence-electron chi connectivity index (χ0n) is 22.4. The molecule has 3 N–H and O–H groups in total. The molecule has 40 heavy (non-hydrogen) atoms. The molecular weight excluding hydrogens is 494 g/mol. The number of nitrogens with one attached hydrogen (secondary N) is 3. The number of para-hydroxylation sites is 3. The van der Waals surface area contributed by atoms with Crippen LogP contribution in [-0.4, -0.2) is 77.8 Å². The standard InChI is InChI=1S/C33H33N7/c1-4-10-31-28(7-1)25(22-37-31)19-34-13-16-40(17-14-35-20-26-23-38-32-11-5-2-8-29(26)32)18-15-36-21-27-24-39-33-12-6-3-9-30(27)33/h1-12,19-24,37-39H,13-18H2. The number of hydrogen-bond donors (Lipinski definition) is 3. The molecule has 7 nitrogen and oxygen atoms in total. The second kappa shape index (κ2) is 12.4. The summed E-state index contributed by atoms with van der Waals surface area (Å²) in [7, 11) is 0. The molecule has 7 heteroatoms. The maximum Gasteiger partial charge on any atom is 0.0517 e. The quantitative estimate of drug-likeness (QED) is 0.165. The van der Waals surface area contributed by atoms with Gasteiger partial charge >= 0.3 is 0 Å². The molecule has 3 heterocycles. The van der Waals surface area contributed by atoms with Crippen molar-refractivity contribution in [1.29, 1.82) is 0 Å². The fraction of sp³-hybridized carbons (Fsp3) is 0.182. The van der Waals surface area contributed by atoms with Crippen molar-refractivity contribution in [3.63, 3.8) is 0 Å². The zero-order valence-corrected chi connectivity index (χ0v) is 22.4. The van der Waals surface area contributed by atoms with E-state index in [1.165, 1.54) is 16.2 Å². The highest BCUT2D eigenvalue weighted by Gasteiger charge is 2.05. The molecule has 0 bridgehead atoms. The van der Waals surface area contributed by atoms with Crippen molar-refractivity contribution in [2.45, 2.75) is 0 Å². The summed E-state index contributed by atoms with van der Waals surface area (Å²) in [4.78, 5) is 26.6. The molecule has 0 unspecified atom stereocenters. The van der Waals surface area contributed by atoms with E-state index in [9.17, 15) is 0 Å². The summed E-state index contributed by atoms with van der Waals surface area (Å²) in [6.45, 7) is 4.71. The third-order valence-electron chi connectivity index (χ3n) is 7.19. The Bertz CT molecular complexity index is 1570. The van der Waals surface area contributed by atoms with E-state index in [4.69, 9.17) is 15.0 Å². The van der Waals surface area contributed by atoms with Gasteiger partial charge in [-0.2, -0.15) is 0 Å². The van der Waals surface area contributed by atoms with Gasteiger partial charge in [0.1, 0.15) is 0 Å². The molecule has 0 spiro atoms. The van der Waals surface area contributed by atoms with E-state index < -0.39 is 0 Å². The van der Waals surface area contributed by atoms with E-state index in [0.717, 1.165) is 72.5 Å². The largest absolute Gasteiger partial charge is 0.361 e. The molecule has 3 aromatic heterocycles. The first-order valence-corrected chi connectivity index (χ1v) is 13.8. The second-order valence-electron chi connectivity index (χ2n) is 9.82. The molecule has 6 aromatic rings. The van der Waals surface area contributed by atoms with E-state index in [-0.39, 0.29) is 0 Å². The zero-order chi connectivity index (χ0) is 27.0. The number of rotatable bonds is 12. The van der Waals surface area contributed by atoms with Gasteiger partial charge in [-0.3, -0.25) is 19.9 Å². The number of hydrogen-bond acceptors (Lipinski definition) is 4. The number of nitrogens with zero attached hydrogens (tertiary/aromatic N) is 4. The Morgan fingerprint density at radius 2 is 0.800 bits per heavy atom. The summed E-state index contributed by atoms with van der Waals surface area (Å²) < 4.78 is 0. The van der Waals surface area contributed by atoms with Crippen molar-refractivity contribution in [2.24, 2.45) is 15.0 Å². The van der Waals surface area contributed by atoms with Gasteiger partial charge in [-0.25, -0.2) is 0 Å². The van der Waals surface area contributed by atoms with Crippen molar-refractivity contribution in [3.05, 3.63) is 108 Å². The highest BCUT2D eigenvalue weighted by Crippen LogP contribution is 2.17. The van der Waals surface area contributed by atoms with Crippen molar-refractivity contribution < 1.29 is 0 Å². The van der Waals surface area contributed by atoms with Gasteiger partial charge < -0.3 is 15.0 Å². The Kier molecular flexibility index (Phi) is 7.92. The average molecular weight is 528 g/mol. The summed E-state index contributed by atoms with van der Waals surface area (Å²) in [5, 5.41) is 3.59. The highest BCUT2D eigenvalue weighted by atomic mass is 15.1. The van der Waals surface area contributed by atoms with Gasteiger partial charge in [0.15, 0.2) is 0 Å². The van der Waals surface area contributed by atoms with Crippen molar-refractivity contribution in [1.82, 2.24) is 19.9 Å². The first-order valence-electron chi connectivity index (χ1n) is 13.8. The van der Waals surface area contributed by atoms with Crippen LogP contribution in [0.2, 0.25) is 0 Å². The van der Waals surface area contributed by atoms with Crippen LogP contribution in [0.25, 0.3) is 32.7 Å². The predicted octanol–water partition coefficient (Wildman–Crippen LogP) is 6.09. The minimum Gasteiger partial charge on any atom is -0.361 e. The number of fused-ring (bicyclic) bond motifs is 3. The third kappa shape index (κ3) is 5.95.